The van der Waals surface area contributed by atoms with E-state index in [9.17, 15) is 9.59 Å². The monoisotopic (exact) mass is 287 g/mol. The molecule has 0 spiro atoms. The quantitative estimate of drug-likeness (QED) is 0.628. The van der Waals surface area contributed by atoms with E-state index in [1.54, 1.807) is 24.3 Å². The van der Waals surface area contributed by atoms with Crippen molar-refractivity contribution in [3.05, 3.63) is 24.3 Å². The van der Waals surface area contributed by atoms with E-state index in [1.807, 2.05) is 13.0 Å². The van der Waals surface area contributed by atoms with E-state index in [1.165, 1.54) is 0 Å². The first-order valence-corrected chi connectivity index (χ1v) is 6.87. The number of imide groups is 1. The standard InChI is InChI=1S/C15H17N3O3/c1-2-9-21-12-5-3-11(4-6-12)18-14(19)10-13(15(18)20)17-8-7-16/h3-6,13,17H,2,8-10H2,1H3. The fourth-order valence-electron chi connectivity index (χ4n) is 2.14. The largest absolute Gasteiger partial charge is 0.494 e. The molecule has 1 atom stereocenters. The molecular weight excluding hydrogens is 270 g/mol. The van der Waals surface area contributed by atoms with Crippen LogP contribution in [0.3, 0.4) is 0 Å². The molecule has 1 aromatic carbocycles. The number of nitriles is 1. The van der Waals surface area contributed by atoms with Crippen molar-refractivity contribution >= 4 is 17.5 Å². The molecule has 21 heavy (non-hydrogen) atoms. The van der Waals surface area contributed by atoms with Crippen LogP contribution in [-0.2, 0) is 9.59 Å². The zero-order chi connectivity index (χ0) is 15.2. The number of hydrogen-bond donors (Lipinski definition) is 1. The van der Waals surface area contributed by atoms with Gasteiger partial charge in [-0.15, -0.1) is 0 Å². The van der Waals surface area contributed by atoms with Gasteiger partial charge in [-0.05, 0) is 30.7 Å². The van der Waals surface area contributed by atoms with Gasteiger partial charge in [-0.1, -0.05) is 6.92 Å². The zero-order valence-electron chi connectivity index (χ0n) is 11.8. The van der Waals surface area contributed by atoms with Gasteiger partial charge in [0.1, 0.15) is 5.75 Å². The molecule has 0 aliphatic carbocycles. The summed E-state index contributed by atoms with van der Waals surface area (Å²) >= 11 is 0. The Morgan fingerprint density at radius 2 is 2.10 bits per heavy atom. The molecule has 1 N–H and O–H groups in total. The Balaban J connectivity index is 2.09. The molecule has 2 amide bonds. The predicted octanol–water partition coefficient (Wildman–Crippen LogP) is 1.22. The van der Waals surface area contributed by atoms with E-state index in [4.69, 9.17) is 10.00 Å². The predicted molar refractivity (Wildman–Crippen MR) is 76.7 cm³/mol. The number of hydrogen-bond acceptors (Lipinski definition) is 5. The number of anilines is 1. The molecule has 1 aromatic rings. The molecule has 0 aromatic heterocycles. The van der Waals surface area contributed by atoms with E-state index in [0.29, 0.717) is 18.0 Å². The van der Waals surface area contributed by atoms with E-state index in [-0.39, 0.29) is 24.8 Å². The van der Waals surface area contributed by atoms with Gasteiger partial charge in [0.2, 0.25) is 5.91 Å². The van der Waals surface area contributed by atoms with Crippen LogP contribution in [0.25, 0.3) is 0 Å². The van der Waals surface area contributed by atoms with Crippen LogP contribution in [0.5, 0.6) is 5.75 Å². The van der Waals surface area contributed by atoms with Crippen LogP contribution in [-0.4, -0.2) is 31.0 Å². The molecule has 110 valence electrons. The van der Waals surface area contributed by atoms with Crippen molar-refractivity contribution in [3.63, 3.8) is 0 Å². The highest BCUT2D eigenvalue weighted by Crippen LogP contribution is 2.25. The molecular formula is C15H17N3O3. The molecule has 2 rings (SSSR count). The third-order valence-corrected chi connectivity index (χ3v) is 3.14. The summed E-state index contributed by atoms with van der Waals surface area (Å²) in [6.07, 6.45) is 0.992. The third kappa shape index (κ3) is 3.38. The van der Waals surface area contributed by atoms with Crippen LogP contribution in [0.1, 0.15) is 19.8 Å². The lowest BCUT2D eigenvalue weighted by atomic mass is 10.2. The summed E-state index contributed by atoms with van der Waals surface area (Å²) < 4.78 is 5.46. The Bertz CT molecular complexity index is 563. The maximum absolute atomic E-state index is 12.2. The SMILES string of the molecule is CCCOc1ccc(N2C(=O)CC(NCC#N)C2=O)cc1. The minimum Gasteiger partial charge on any atom is -0.494 e. The smallest absolute Gasteiger partial charge is 0.251 e. The first-order chi connectivity index (χ1) is 10.2. The summed E-state index contributed by atoms with van der Waals surface area (Å²) in [4.78, 5) is 25.3. The Hall–Kier alpha value is -2.39. The van der Waals surface area contributed by atoms with Crippen LogP contribution in [0, 0.1) is 11.3 Å². The number of rotatable bonds is 6. The molecule has 0 bridgehead atoms. The van der Waals surface area contributed by atoms with Gasteiger partial charge < -0.3 is 4.74 Å². The summed E-state index contributed by atoms with van der Waals surface area (Å²) in [6, 6.07) is 8.14. The molecule has 1 heterocycles. The van der Waals surface area contributed by atoms with Gasteiger partial charge in [0, 0.05) is 0 Å². The van der Waals surface area contributed by atoms with Gasteiger partial charge in [-0.2, -0.15) is 5.26 Å². The normalized spacial score (nSPS) is 17.9. The maximum Gasteiger partial charge on any atom is 0.251 e. The Morgan fingerprint density at radius 3 is 2.71 bits per heavy atom. The lowest BCUT2D eigenvalue weighted by Gasteiger charge is -2.15. The number of nitrogens with zero attached hydrogens (tertiary/aromatic N) is 2. The summed E-state index contributed by atoms with van der Waals surface area (Å²) in [5.74, 6) is 0.119. The maximum atomic E-state index is 12.2. The van der Waals surface area contributed by atoms with Crippen LogP contribution in [0.15, 0.2) is 24.3 Å². The second kappa shape index (κ2) is 6.86. The Labute approximate surface area is 123 Å². The first kappa shape index (κ1) is 15.0. The van der Waals surface area contributed by atoms with Gasteiger partial charge in [0.15, 0.2) is 0 Å². The van der Waals surface area contributed by atoms with Gasteiger partial charge >= 0.3 is 0 Å². The molecule has 0 radical (unpaired) electrons. The molecule has 1 fully saturated rings. The highest BCUT2D eigenvalue weighted by Gasteiger charge is 2.39. The average molecular weight is 287 g/mol. The number of ether oxygens (including phenoxy) is 1. The third-order valence-electron chi connectivity index (χ3n) is 3.14. The van der Waals surface area contributed by atoms with Crippen molar-refractivity contribution in [3.8, 4) is 11.8 Å². The summed E-state index contributed by atoms with van der Waals surface area (Å²) in [6.45, 7) is 2.69. The van der Waals surface area contributed by atoms with Gasteiger partial charge in [0.25, 0.3) is 5.91 Å². The topological polar surface area (TPSA) is 82.4 Å². The molecule has 1 unspecified atom stereocenters. The Morgan fingerprint density at radius 1 is 1.38 bits per heavy atom. The van der Waals surface area contributed by atoms with Gasteiger partial charge in [-0.3, -0.25) is 14.9 Å². The van der Waals surface area contributed by atoms with Crippen molar-refractivity contribution < 1.29 is 14.3 Å². The second-order valence-corrected chi connectivity index (χ2v) is 4.71. The summed E-state index contributed by atoms with van der Waals surface area (Å²) in [7, 11) is 0. The number of nitrogens with one attached hydrogen (secondary N) is 1. The fraction of sp³-hybridized carbons (Fsp3) is 0.400. The molecule has 1 saturated heterocycles. The fourth-order valence-corrected chi connectivity index (χ4v) is 2.14. The van der Waals surface area contributed by atoms with Crippen LogP contribution >= 0.6 is 0 Å². The highest BCUT2D eigenvalue weighted by atomic mass is 16.5. The van der Waals surface area contributed by atoms with E-state index in [0.717, 1.165) is 11.3 Å². The molecule has 6 nitrogen and oxygen atoms in total. The van der Waals surface area contributed by atoms with Gasteiger partial charge in [-0.25, -0.2) is 4.90 Å². The number of amides is 2. The molecule has 1 aliphatic rings. The summed E-state index contributed by atoms with van der Waals surface area (Å²) in [5.41, 5.74) is 0.523. The molecule has 6 heteroatoms. The van der Waals surface area contributed by atoms with Crippen molar-refractivity contribution in [1.29, 1.82) is 5.26 Å². The van der Waals surface area contributed by atoms with E-state index >= 15 is 0 Å². The minimum atomic E-state index is -0.617. The molecule has 1 aliphatic heterocycles. The highest BCUT2D eigenvalue weighted by molar-refractivity contribution is 6.22. The number of benzene rings is 1. The van der Waals surface area contributed by atoms with Crippen molar-refractivity contribution in [2.75, 3.05) is 18.1 Å². The molecule has 0 saturated carbocycles. The lowest BCUT2D eigenvalue weighted by molar-refractivity contribution is -0.121. The van der Waals surface area contributed by atoms with Gasteiger partial charge in [0.05, 0.1) is 37.4 Å². The average Bonchev–Trinajstić information content (AvgIpc) is 2.78. The number of carbonyl (C=O) groups is 2. The van der Waals surface area contributed by atoms with Crippen molar-refractivity contribution in [1.82, 2.24) is 5.32 Å². The van der Waals surface area contributed by atoms with E-state index in [2.05, 4.69) is 5.32 Å². The first-order valence-electron chi connectivity index (χ1n) is 6.87. The second-order valence-electron chi connectivity index (χ2n) is 4.71. The van der Waals surface area contributed by atoms with Crippen molar-refractivity contribution in [2.24, 2.45) is 0 Å². The van der Waals surface area contributed by atoms with E-state index < -0.39 is 6.04 Å². The number of carbonyl (C=O) groups excluding carboxylic acids is 2. The van der Waals surface area contributed by atoms with Crippen LogP contribution in [0.2, 0.25) is 0 Å². The van der Waals surface area contributed by atoms with Crippen LogP contribution < -0.4 is 15.0 Å². The lowest BCUT2D eigenvalue weighted by Crippen LogP contribution is -2.38. The zero-order valence-corrected chi connectivity index (χ0v) is 11.8. The summed E-state index contributed by atoms with van der Waals surface area (Å²) in [5, 5.41) is 11.3. The minimum absolute atomic E-state index is 0.0430. The van der Waals surface area contributed by atoms with Crippen LogP contribution in [0.4, 0.5) is 5.69 Å². The van der Waals surface area contributed by atoms with Crippen molar-refractivity contribution in [2.45, 2.75) is 25.8 Å². The Kier molecular flexibility index (Phi) is 4.90.